The lowest BCUT2D eigenvalue weighted by Crippen LogP contribution is -2.52. The van der Waals surface area contributed by atoms with Crippen molar-refractivity contribution in [3.8, 4) is 0 Å². The molecule has 32 heavy (non-hydrogen) atoms. The summed E-state index contributed by atoms with van der Waals surface area (Å²) in [6.45, 7) is 6.95. The number of aryl methyl sites for hydroxylation is 1. The minimum atomic E-state index is -0.983. The molecule has 1 unspecified atom stereocenters. The summed E-state index contributed by atoms with van der Waals surface area (Å²) in [5.41, 5.74) is 2.02. The van der Waals surface area contributed by atoms with Gasteiger partial charge in [-0.1, -0.05) is 38.0 Å². The van der Waals surface area contributed by atoms with Gasteiger partial charge < -0.3 is 15.0 Å². The van der Waals surface area contributed by atoms with Gasteiger partial charge in [0.1, 0.15) is 18.4 Å². The van der Waals surface area contributed by atoms with E-state index in [1.165, 1.54) is 18.1 Å². The highest BCUT2D eigenvalue weighted by molar-refractivity contribution is 6.06. The van der Waals surface area contributed by atoms with Crippen molar-refractivity contribution in [1.82, 2.24) is 10.2 Å². The molecule has 7 nitrogen and oxygen atoms in total. The first-order valence-electron chi connectivity index (χ1n) is 10.9. The fourth-order valence-electron chi connectivity index (χ4n) is 4.54. The van der Waals surface area contributed by atoms with Crippen LogP contribution in [0.5, 0.6) is 0 Å². The number of amides is 3. The van der Waals surface area contributed by atoms with Crippen LogP contribution < -0.4 is 10.2 Å². The Bertz CT molecular complexity index is 953. The molecular formula is C24H30FN3O4. The third-order valence-corrected chi connectivity index (χ3v) is 6.23. The van der Waals surface area contributed by atoms with Crippen LogP contribution in [0.2, 0.25) is 0 Å². The molecule has 3 rings (SSSR count). The molecule has 1 aromatic carbocycles. The molecule has 1 aromatic rings. The van der Waals surface area contributed by atoms with Crippen LogP contribution in [0.1, 0.15) is 44.6 Å². The van der Waals surface area contributed by atoms with Crippen molar-refractivity contribution >= 4 is 23.6 Å². The zero-order valence-corrected chi connectivity index (χ0v) is 18.8. The fraction of sp³-hybridized carbons (Fsp3) is 0.458. The minimum absolute atomic E-state index is 0.0658. The van der Waals surface area contributed by atoms with E-state index in [4.69, 9.17) is 0 Å². The maximum Gasteiger partial charge on any atom is 0.407 e. The van der Waals surface area contributed by atoms with E-state index < -0.39 is 30.4 Å². The molecule has 2 aliphatic rings. The number of benzene rings is 1. The standard InChI is InChI=1S/C24H30FN3O4/c1-5-19-16(3)27(17-9-7-6-8-10-17)23(30)22(19)28(21(29)14-26-24(31)32-4)18-12-11-15(2)20(25)13-18/h5,11-13,17,22H,1,6-10,14H2,2-4H3,(H,26,31). The van der Waals surface area contributed by atoms with Crippen LogP contribution >= 0.6 is 0 Å². The number of hydrogen-bond donors (Lipinski definition) is 1. The number of hydrogen-bond acceptors (Lipinski definition) is 4. The minimum Gasteiger partial charge on any atom is -0.453 e. The summed E-state index contributed by atoms with van der Waals surface area (Å²) in [6.07, 6.45) is 5.85. The number of ether oxygens (including phenoxy) is 1. The topological polar surface area (TPSA) is 79.0 Å². The average Bonchev–Trinajstić information content (AvgIpc) is 3.04. The second kappa shape index (κ2) is 9.97. The highest BCUT2D eigenvalue weighted by Crippen LogP contribution is 2.37. The lowest BCUT2D eigenvalue weighted by Gasteiger charge is -2.34. The van der Waals surface area contributed by atoms with Crippen molar-refractivity contribution < 1.29 is 23.5 Å². The molecule has 0 bridgehead atoms. The lowest BCUT2D eigenvalue weighted by molar-refractivity contribution is -0.132. The molecule has 3 amide bonds. The number of halogens is 1. The van der Waals surface area contributed by atoms with Crippen molar-refractivity contribution in [3.05, 3.63) is 53.5 Å². The molecule has 0 aromatic heterocycles. The largest absolute Gasteiger partial charge is 0.453 e. The zero-order chi connectivity index (χ0) is 23.4. The van der Waals surface area contributed by atoms with Crippen molar-refractivity contribution in [2.24, 2.45) is 0 Å². The molecule has 1 atom stereocenters. The third-order valence-electron chi connectivity index (χ3n) is 6.23. The Morgan fingerprint density at radius 1 is 1.28 bits per heavy atom. The number of carbonyl (C=O) groups excluding carboxylic acids is 3. The number of rotatable bonds is 6. The van der Waals surface area contributed by atoms with Gasteiger partial charge in [-0.15, -0.1) is 0 Å². The number of nitrogens with one attached hydrogen (secondary N) is 1. The molecule has 1 heterocycles. The first-order chi connectivity index (χ1) is 15.3. The molecule has 0 radical (unpaired) electrons. The molecule has 1 aliphatic heterocycles. The van der Waals surface area contributed by atoms with E-state index in [9.17, 15) is 18.8 Å². The van der Waals surface area contributed by atoms with E-state index in [-0.39, 0.29) is 17.6 Å². The van der Waals surface area contributed by atoms with E-state index >= 15 is 0 Å². The number of methoxy groups -OCH3 is 1. The first-order valence-corrected chi connectivity index (χ1v) is 10.9. The first kappa shape index (κ1) is 23.5. The third kappa shape index (κ3) is 4.54. The molecule has 1 saturated carbocycles. The smallest absolute Gasteiger partial charge is 0.407 e. The zero-order valence-electron chi connectivity index (χ0n) is 18.8. The van der Waals surface area contributed by atoms with Gasteiger partial charge in [0.2, 0.25) is 5.91 Å². The molecule has 1 fully saturated rings. The summed E-state index contributed by atoms with van der Waals surface area (Å²) >= 11 is 0. The van der Waals surface area contributed by atoms with Crippen LogP contribution in [0.4, 0.5) is 14.9 Å². The Kier molecular flexibility index (Phi) is 7.33. The fourth-order valence-corrected chi connectivity index (χ4v) is 4.54. The van der Waals surface area contributed by atoms with Crippen molar-refractivity contribution in [2.45, 2.75) is 58.0 Å². The maximum absolute atomic E-state index is 14.4. The van der Waals surface area contributed by atoms with Gasteiger partial charge in [0, 0.05) is 23.0 Å². The van der Waals surface area contributed by atoms with Gasteiger partial charge in [-0.3, -0.25) is 14.5 Å². The Morgan fingerprint density at radius 3 is 2.56 bits per heavy atom. The number of nitrogens with zero attached hydrogens (tertiary/aromatic N) is 2. The number of alkyl carbamates (subject to hydrolysis) is 1. The lowest BCUT2D eigenvalue weighted by atomic mass is 9.94. The van der Waals surface area contributed by atoms with Crippen molar-refractivity contribution in [2.75, 3.05) is 18.6 Å². The van der Waals surface area contributed by atoms with Crippen molar-refractivity contribution in [1.29, 1.82) is 0 Å². The van der Waals surface area contributed by atoms with Gasteiger partial charge in [-0.2, -0.15) is 0 Å². The van der Waals surface area contributed by atoms with E-state index in [2.05, 4.69) is 16.6 Å². The van der Waals surface area contributed by atoms with Crippen molar-refractivity contribution in [3.63, 3.8) is 0 Å². The predicted octanol–water partition coefficient (Wildman–Crippen LogP) is 3.83. The van der Waals surface area contributed by atoms with Gasteiger partial charge in [0.15, 0.2) is 0 Å². The predicted molar refractivity (Wildman–Crippen MR) is 119 cm³/mol. The normalized spacial score (nSPS) is 19.2. The summed E-state index contributed by atoms with van der Waals surface area (Å²) in [4.78, 5) is 41.5. The Hall–Kier alpha value is -3.16. The molecule has 0 spiro atoms. The second-order valence-electron chi connectivity index (χ2n) is 8.19. The quantitative estimate of drug-likeness (QED) is 0.725. The summed E-state index contributed by atoms with van der Waals surface area (Å²) in [5.74, 6) is -1.29. The Labute approximate surface area is 187 Å². The highest BCUT2D eigenvalue weighted by atomic mass is 19.1. The van der Waals surface area contributed by atoms with E-state index in [1.807, 2.05) is 6.92 Å². The SMILES string of the molecule is C=CC1=C(C)N(C2CCCCC2)C(=O)C1N(C(=O)CNC(=O)OC)c1ccc(C)c(F)c1. The van der Waals surface area contributed by atoms with E-state index in [0.717, 1.165) is 37.8 Å². The second-order valence-corrected chi connectivity index (χ2v) is 8.19. The molecule has 1 aliphatic carbocycles. The van der Waals surface area contributed by atoms with Gasteiger partial charge in [0.25, 0.3) is 5.91 Å². The highest BCUT2D eigenvalue weighted by Gasteiger charge is 2.45. The van der Waals surface area contributed by atoms with E-state index in [0.29, 0.717) is 11.1 Å². The van der Waals surface area contributed by atoms with E-state index in [1.54, 1.807) is 30.0 Å². The van der Waals surface area contributed by atoms with Gasteiger partial charge in [-0.25, -0.2) is 9.18 Å². The summed E-state index contributed by atoms with van der Waals surface area (Å²) < 4.78 is 19.0. The number of anilines is 1. The average molecular weight is 444 g/mol. The van der Waals surface area contributed by atoms with Crippen LogP contribution in [0, 0.1) is 12.7 Å². The molecular weight excluding hydrogens is 413 g/mol. The number of carbonyl (C=O) groups is 3. The maximum atomic E-state index is 14.4. The summed E-state index contributed by atoms with van der Waals surface area (Å²) in [7, 11) is 1.19. The van der Waals surface area contributed by atoms with Gasteiger partial charge in [0.05, 0.1) is 7.11 Å². The Balaban J connectivity index is 2.03. The number of allylic oxidation sites excluding steroid dienone is 1. The Morgan fingerprint density at radius 2 is 1.97 bits per heavy atom. The molecule has 8 heteroatoms. The van der Waals surface area contributed by atoms with Gasteiger partial charge >= 0.3 is 6.09 Å². The van der Waals surface area contributed by atoms with Crippen LogP contribution in [-0.2, 0) is 14.3 Å². The van der Waals surface area contributed by atoms with Gasteiger partial charge in [-0.05, 0) is 44.4 Å². The summed E-state index contributed by atoms with van der Waals surface area (Å²) in [6, 6.07) is 3.47. The summed E-state index contributed by atoms with van der Waals surface area (Å²) in [5, 5.41) is 2.35. The van der Waals surface area contributed by atoms with Crippen LogP contribution in [0.25, 0.3) is 0 Å². The van der Waals surface area contributed by atoms with Crippen LogP contribution in [0.15, 0.2) is 42.1 Å². The van der Waals surface area contributed by atoms with Crippen LogP contribution in [0.3, 0.4) is 0 Å². The monoisotopic (exact) mass is 443 g/mol. The molecule has 0 saturated heterocycles. The molecule has 172 valence electrons. The van der Waals surface area contributed by atoms with Crippen LogP contribution in [-0.4, -0.2) is 48.5 Å². The molecule has 1 N–H and O–H groups in total.